The first-order valence-electron chi connectivity index (χ1n) is 9.65. The fraction of sp³-hybridized carbons (Fsp3) is 0.130. The number of sulfonamides is 1. The summed E-state index contributed by atoms with van der Waals surface area (Å²) in [5.41, 5.74) is 2.04. The predicted molar refractivity (Wildman–Crippen MR) is 123 cm³/mol. The van der Waals surface area contributed by atoms with Gasteiger partial charge in [-0.05, 0) is 55.0 Å². The highest BCUT2D eigenvalue weighted by Gasteiger charge is 2.19. The van der Waals surface area contributed by atoms with Crippen molar-refractivity contribution < 1.29 is 22.7 Å². The van der Waals surface area contributed by atoms with Gasteiger partial charge in [-0.15, -0.1) is 0 Å². The Morgan fingerprint density at radius 1 is 0.844 bits per heavy atom. The molecule has 8 nitrogen and oxygen atoms in total. The van der Waals surface area contributed by atoms with Crippen LogP contribution in [-0.4, -0.2) is 34.4 Å². The molecule has 0 aliphatic heterocycles. The van der Waals surface area contributed by atoms with Gasteiger partial charge in [0.15, 0.2) is 0 Å². The molecule has 0 heterocycles. The third-order valence-electron chi connectivity index (χ3n) is 4.73. The zero-order valence-electron chi connectivity index (χ0n) is 17.8. The standard InChI is InChI=1S/C23H23N3O5S/c1-15-11-12-17(22(27)24-2)14-20(15)25-23(28)16-7-6-8-18(13-16)32(29,30)26-19-9-4-5-10-21(19)31-3/h4-14,26H,1-3H3,(H,24,27)(H,25,28). The second-order valence-corrected chi connectivity index (χ2v) is 8.58. The Balaban J connectivity index is 1.86. The lowest BCUT2D eigenvalue weighted by atomic mass is 10.1. The molecule has 3 aromatic rings. The summed E-state index contributed by atoms with van der Waals surface area (Å²) in [4.78, 5) is 24.6. The monoisotopic (exact) mass is 453 g/mol. The quantitative estimate of drug-likeness (QED) is 0.507. The molecule has 0 aromatic heterocycles. The number of hydrogen-bond donors (Lipinski definition) is 3. The highest BCUT2D eigenvalue weighted by molar-refractivity contribution is 7.92. The molecule has 0 saturated heterocycles. The molecule has 0 radical (unpaired) electrons. The lowest BCUT2D eigenvalue weighted by molar-refractivity contribution is 0.0961. The van der Waals surface area contributed by atoms with E-state index in [1.165, 1.54) is 38.4 Å². The first kappa shape index (κ1) is 22.8. The van der Waals surface area contributed by atoms with Gasteiger partial charge in [0.25, 0.3) is 21.8 Å². The molecule has 0 aliphatic carbocycles. The van der Waals surface area contributed by atoms with E-state index in [1.54, 1.807) is 49.4 Å². The number of nitrogens with one attached hydrogen (secondary N) is 3. The van der Waals surface area contributed by atoms with Gasteiger partial charge in [-0.25, -0.2) is 8.42 Å². The molecule has 3 N–H and O–H groups in total. The summed E-state index contributed by atoms with van der Waals surface area (Å²) in [6.07, 6.45) is 0. The van der Waals surface area contributed by atoms with E-state index >= 15 is 0 Å². The number of carbonyl (C=O) groups is 2. The van der Waals surface area contributed by atoms with Crippen molar-refractivity contribution in [1.29, 1.82) is 0 Å². The van der Waals surface area contributed by atoms with Crippen LogP contribution in [0.15, 0.2) is 71.6 Å². The first-order chi connectivity index (χ1) is 15.2. The van der Waals surface area contributed by atoms with Crippen LogP contribution in [0.1, 0.15) is 26.3 Å². The lowest BCUT2D eigenvalue weighted by Gasteiger charge is -2.13. The Morgan fingerprint density at radius 3 is 2.28 bits per heavy atom. The average molecular weight is 454 g/mol. The van der Waals surface area contributed by atoms with E-state index in [-0.39, 0.29) is 22.1 Å². The summed E-state index contributed by atoms with van der Waals surface area (Å²) in [5, 5.41) is 5.27. The molecule has 3 aromatic carbocycles. The molecule has 0 fully saturated rings. The van der Waals surface area contributed by atoms with Gasteiger partial charge in [-0.3, -0.25) is 14.3 Å². The predicted octanol–water partition coefficient (Wildman–Crippen LogP) is 3.42. The van der Waals surface area contributed by atoms with Crippen LogP contribution in [0.2, 0.25) is 0 Å². The maximum Gasteiger partial charge on any atom is 0.262 e. The van der Waals surface area contributed by atoms with Crippen LogP contribution in [-0.2, 0) is 10.0 Å². The van der Waals surface area contributed by atoms with Crippen LogP contribution in [0.25, 0.3) is 0 Å². The van der Waals surface area contributed by atoms with Crippen molar-refractivity contribution in [2.24, 2.45) is 0 Å². The van der Waals surface area contributed by atoms with Gasteiger partial charge >= 0.3 is 0 Å². The second kappa shape index (κ2) is 9.52. The Labute approximate surface area is 186 Å². The fourth-order valence-electron chi connectivity index (χ4n) is 2.97. The number of hydrogen-bond acceptors (Lipinski definition) is 5. The van der Waals surface area contributed by atoms with Gasteiger partial charge in [0.2, 0.25) is 0 Å². The van der Waals surface area contributed by atoms with Crippen LogP contribution in [0.3, 0.4) is 0 Å². The van der Waals surface area contributed by atoms with Crippen LogP contribution >= 0.6 is 0 Å². The van der Waals surface area contributed by atoms with Crippen molar-refractivity contribution in [2.75, 3.05) is 24.2 Å². The lowest BCUT2D eigenvalue weighted by Crippen LogP contribution is -2.19. The van der Waals surface area contributed by atoms with E-state index in [0.717, 1.165) is 5.56 Å². The third-order valence-corrected chi connectivity index (χ3v) is 6.10. The van der Waals surface area contributed by atoms with Crippen LogP contribution in [0, 0.1) is 6.92 Å². The van der Waals surface area contributed by atoms with Crippen molar-refractivity contribution in [3.8, 4) is 5.75 Å². The Kier molecular flexibility index (Phi) is 6.79. The molecule has 166 valence electrons. The number of amides is 2. The number of benzene rings is 3. The molecule has 9 heteroatoms. The first-order valence-corrected chi connectivity index (χ1v) is 11.1. The maximum absolute atomic E-state index is 12.9. The van der Waals surface area contributed by atoms with Gasteiger partial charge in [-0.1, -0.05) is 24.3 Å². The Bertz CT molecular complexity index is 1270. The number of carbonyl (C=O) groups excluding carboxylic acids is 2. The van der Waals surface area contributed by atoms with Crippen LogP contribution < -0.4 is 20.1 Å². The van der Waals surface area contributed by atoms with Crippen molar-refractivity contribution >= 4 is 33.2 Å². The van der Waals surface area contributed by atoms with Crippen LogP contribution in [0.5, 0.6) is 5.75 Å². The summed E-state index contributed by atoms with van der Waals surface area (Å²) in [6.45, 7) is 1.79. The van der Waals surface area contributed by atoms with Crippen LogP contribution in [0.4, 0.5) is 11.4 Å². The smallest absolute Gasteiger partial charge is 0.262 e. The van der Waals surface area contributed by atoms with Crippen molar-refractivity contribution in [3.05, 3.63) is 83.4 Å². The molecular weight excluding hydrogens is 430 g/mol. The summed E-state index contributed by atoms with van der Waals surface area (Å²) in [7, 11) is -1.00. The second-order valence-electron chi connectivity index (χ2n) is 6.90. The number of aryl methyl sites for hydroxylation is 1. The number of ether oxygens (including phenoxy) is 1. The number of para-hydroxylation sites is 2. The summed E-state index contributed by atoms with van der Waals surface area (Å²) in [5.74, 6) is -0.413. The SMILES string of the molecule is CNC(=O)c1ccc(C)c(NC(=O)c2cccc(S(=O)(=O)Nc3ccccc3OC)c2)c1. The van der Waals surface area contributed by atoms with Crippen molar-refractivity contribution in [2.45, 2.75) is 11.8 Å². The summed E-state index contributed by atoms with van der Waals surface area (Å²) in [6, 6.07) is 17.2. The van der Waals surface area contributed by atoms with Gasteiger partial charge in [-0.2, -0.15) is 0 Å². The minimum atomic E-state index is -3.97. The highest BCUT2D eigenvalue weighted by Crippen LogP contribution is 2.26. The van der Waals surface area contributed by atoms with E-state index in [0.29, 0.717) is 17.0 Å². The number of methoxy groups -OCH3 is 1. The van der Waals surface area contributed by atoms with E-state index < -0.39 is 15.9 Å². The van der Waals surface area contributed by atoms with E-state index in [9.17, 15) is 18.0 Å². The van der Waals surface area contributed by atoms with Crippen molar-refractivity contribution in [3.63, 3.8) is 0 Å². The molecule has 0 unspecified atom stereocenters. The highest BCUT2D eigenvalue weighted by atomic mass is 32.2. The molecule has 0 aliphatic rings. The molecule has 3 rings (SSSR count). The van der Waals surface area contributed by atoms with E-state index in [4.69, 9.17) is 4.74 Å². The minimum absolute atomic E-state index is 0.0770. The average Bonchev–Trinajstić information content (AvgIpc) is 2.80. The summed E-state index contributed by atoms with van der Waals surface area (Å²) < 4.78 is 33.4. The minimum Gasteiger partial charge on any atom is -0.495 e. The molecule has 0 spiro atoms. The van der Waals surface area contributed by atoms with Gasteiger partial charge in [0, 0.05) is 23.9 Å². The Morgan fingerprint density at radius 2 is 1.56 bits per heavy atom. The number of rotatable bonds is 7. The Hall–Kier alpha value is -3.85. The maximum atomic E-state index is 12.9. The molecule has 0 bridgehead atoms. The topological polar surface area (TPSA) is 114 Å². The molecule has 2 amide bonds. The zero-order chi connectivity index (χ0) is 23.3. The normalized spacial score (nSPS) is 10.8. The number of anilines is 2. The summed E-state index contributed by atoms with van der Waals surface area (Å²) >= 11 is 0. The van der Waals surface area contributed by atoms with Gasteiger partial charge < -0.3 is 15.4 Å². The molecular formula is C23H23N3O5S. The van der Waals surface area contributed by atoms with Gasteiger partial charge in [0.05, 0.1) is 17.7 Å². The van der Waals surface area contributed by atoms with E-state index in [2.05, 4.69) is 15.4 Å². The fourth-order valence-corrected chi connectivity index (χ4v) is 4.09. The van der Waals surface area contributed by atoms with Gasteiger partial charge in [0.1, 0.15) is 5.75 Å². The zero-order valence-corrected chi connectivity index (χ0v) is 18.6. The third kappa shape index (κ3) is 5.06. The largest absolute Gasteiger partial charge is 0.495 e. The molecule has 0 atom stereocenters. The van der Waals surface area contributed by atoms with E-state index in [1.807, 2.05) is 0 Å². The molecule has 0 saturated carbocycles. The molecule has 32 heavy (non-hydrogen) atoms. The van der Waals surface area contributed by atoms with Crippen molar-refractivity contribution in [1.82, 2.24) is 5.32 Å².